The summed E-state index contributed by atoms with van der Waals surface area (Å²) in [6.45, 7) is 1.23. The first-order valence-electron chi connectivity index (χ1n) is 9.00. The Morgan fingerprint density at radius 3 is 2.26 bits per heavy atom. The highest BCUT2D eigenvalue weighted by Gasteiger charge is 2.65. The third-order valence-corrected chi connectivity index (χ3v) is 6.28. The van der Waals surface area contributed by atoms with Gasteiger partial charge in [0.1, 0.15) is 4.88 Å². The van der Waals surface area contributed by atoms with Crippen molar-refractivity contribution in [2.24, 2.45) is 0 Å². The Balaban J connectivity index is 0.000000456. The van der Waals surface area contributed by atoms with Gasteiger partial charge >= 0.3 is 18.2 Å². The average Bonchev–Trinajstić information content (AvgIpc) is 3.35. The Bertz CT molecular complexity index is 1040. The zero-order valence-corrected chi connectivity index (χ0v) is 22.4. The molecule has 0 bridgehead atoms. The van der Waals surface area contributed by atoms with Crippen LogP contribution in [0.3, 0.4) is 0 Å². The van der Waals surface area contributed by atoms with E-state index in [1.165, 1.54) is 36.8 Å². The molecule has 35 heavy (non-hydrogen) atoms. The fraction of sp³-hybridized carbons (Fsp3) is 0.353. The molecule has 3 rings (SSSR count). The number of hydrogen-bond donors (Lipinski definition) is 1. The molecule has 1 aliphatic heterocycles. The highest BCUT2D eigenvalue weighted by molar-refractivity contribution is 7.11. The zero-order chi connectivity index (χ0) is 26.7. The largest absolute Gasteiger partial charge is 0.477 e. The second-order valence-electron chi connectivity index (χ2n) is 6.32. The van der Waals surface area contributed by atoms with Crippen LogP contribution in [0.4, 0.5) is 18.9 Å². The summed E-state index contributed by atoms with van der Waals surface area (Å²) in [6.07, 6.45) is -8.04. The summed E-state index contributed by atoms with van der Waals surface area (Å²) in [6, 6.07) is 3.87. The van der Waals surface area contributed by atoms with Crippen LogP contribution in [0.1, 0.15) is 16.6 Å². The second-order valence-corrected chi connectivity index (χ2v) is 10.8. The van der Waals surface area contributed by atoms with Gasteiger partial charge in [0, 0.05) is 16.8 Å². The lowest BCUT2D eigenvalue weighted by molar-refractivity contribution is -0.265. The van der Waals surface area contributed by atoms with Gasteiger partial charge < -0.3 is 9.84 Å². The minimum absolute atomic E-state index is 0.0755. The van der Waals surface area contributed by atoms with Crippen molar-refractivity contribution in [3.8, 4) is 0 Å². The summed E-state index contributed by atoms with van der Waals surface area (Å²) >= 11 is 36.6. The molecule has 0 aliphatic carbocycles. The normalized spacial score (nSPS) is 19.3. The van der Waals surface area contributed by atoms with Crippen molar-refractivity contribution in [2.75, 3.05) is 11.6 Å². The van der Waals surface area contributed by atoms with E-state index in [-0.39, 0.29) is 32.1 Å². The van der Waals surface area contributed by atoms with E-state index in [0.29, 0.717) is 4.53 Å². The van der Waals surface area contributed by atoms with Gasteiger partial charge in [-0.15, -0.1) is 15.9 Å². The first kappa shape index (κ1) is 30.3. The molecule has 1 fully saturated rings. The fourth-order valence-electron chi connectivity index (χ4n) is 2.79. The van der Waals surface area contributed by atoms with Gasteiger partial charge in [-0.2, -0.15) is 18.1 Å². The van der Waals surface area contributed by atoms with Gasteiger partial charge in [-0.1, -0.05) is 58.0 Å². The predicted octanol–water partition coefficient (Wildman–Crippen LogP) is 6.43. The number of benzene rings is 1. The van der Waals surface area contributed by atoms with Gasteiger partial charge in [-0.25, -0.2) is 9.59 Å². The lowest BCUT2D eigenvalue weighted by Crippen LogP contribution is -2.56. The first-order chi connectivity index (χ1) is 16.1. The Morgan fingerprint density at radius 2 is 1.86 bits per heavy atom. The molecule has 0 amide bonds. The lowest BCUT2D eigenvalue weighted by atomic mass is 10.3. The molecule has 1 aliphatic rings. The van der Waals surface area contributed by atoms with Gasteiger partial charge in [0.05, 0.1) is 29.0 Å². The van der Waals surface area contributed by atoms with Crippen molar-refractivity contribution in [3.63, 3.8) is 0 Å². The summed E-state index contributed by atoms with van der Waals surface area (Å²) in [4.78, 5) is 25.8. The van der Waals surface area contributed by atoms with Gasteiger partial charge in [0.2, 0.25) is 9.96 Å². The molecule has 1 N–H and O–H groups in total. The highest BCUT2D eigenvalue weighted by Crippen LogP contribution is 2.49. The summed E-state index contributed by atoms with van der Waals surface area (Å²) < 4.78 is 43.9. The van der Waals surface area contributed by atoms with Crippen molar-refractivity contribution in [1.82, 2.24) is 14.4 Å². The second kappa shape index (κ2) is 12.1. The third kappa shape index (κ3) is 7.30. The highest BCUT2D eigenvalue weighted by atomic mass is 35.6. The SMILES string of the molecule is CCOC(=O)C1N(Cl)N(c2ccc(Cl)cc2Cl)C(C(Cl)(Cl)Cl)N1C(F)(F)F.O=C(O)c1cncs1. The summed E-state index contributed by atoms with van der Waals surface area (Å²) in [5.74, 6) is -2.20. The van der Waals surface area contributed by atoms with Crippen LogP contribution in [-0.2, 0) is 9.53 Å². The molecule has 2 aromatic rings. The number of esters is 1. The smallest absolute Gasteiger partial charge is 0.463 e. The van der Waals surface area contributed by atoms with E-state index >= 15 is 0 Å². The molecule has 1 aromatic carbocycles. The number of hydrogen-bond acceptors (Lipinski definition) is 8. The lowest BCUT2D eigenvalue weighted by Gasteiger charge is -2.36. The van der Waals surface area contributed by atoms with Gasteiger partial charge in [-0.3, -0.25) is 9.99 Å². The van der Waals surface area contributed by atoms with Crippen LogP contribution in [0.25, 0.3) is 0 Å². The monoisotopic (exact) mass is 636 g/mol. The molecule has 0 spiro atoms. The molecular weight excluding hydrogens is 626 g/mol. The van der Waals surface area contributed by atoms with Crippen molar-refractivity contribution < 1.29 is 32.6 Å². The number of thiazole rings is 1. The molecule has 0 radical (unpaired) electrons. The van der Waals surface area contributed by atoms with Crippen LogP contribution < -0.4 is 5.01 Å². The Labute approximate surface area is 230 Å². The van der Waals surface area contributed by atoms with Crippen LogP contribution in [0.5, 0.6) is 0 Å². The van der Waals surface area contributed by atoms with Crippen molar-refractivity contribution in [1.29, 1.82) is 0 Å². The molecule has 0 saturated carbocycles. The van der Waals surface area contributed by atoms with Crippen LogP contribution in [-0.4, -0.2) is 60.5 Å². The quantitative estimate of drug-likeness (QED) is 0.177. The number of alkyl halides is 6. The van der Waals surface area contributed by atoms with E-state index < -0.39 is 34.4 Å². The molecule has 194 valence electrons. The molecule has 2 atom stereocenters. The Morgan fingerprint density at radius 1 is 1.23 bits per heavy atom. The van der Waals surface area contributed by atoms with Crippen molar-refractivity contribution >= 4 is 98.7 Å². The standard InChI is InChI=1S/C13H10Cl6F3N3O2.C4H3NO2S/c1-2-27-10(26)9-23(13(20,21)22)11(12(16,17)18)24(25(9)19)8-4-3-6(14)5-7(8)15;6-4(7)3-1-5-2-8-3/h3-5,9,11H,2H2,1H3;1-2H,(H,6,7). The van der Waals surface area contributed by atoms with Crippen molar-refractivity contribution in [3.05, 3.63) is 44.8 Å². The zero-order valence-electron chi connectivity index (χ0n) is 17.0. The third-order valence-electron chi connectivity index (χ3n) is 4.05. The van der Waals surface area contributed by atoms with E-state index in [1.54, 1.807) is 0 Å². The Kier molecular flexibility index (Phi) is 10.4. The number of carbonyl (C=O) groups excluding carboxylic acids is 1. The van der Waals surface area contributed by atoms with Crippen LogP contribution in [0.15, 0.2) is 29.9 Å². The number of aromatic nitrogens is 1. The average molecular weight is 639 g/mol. The van der Waals surface area contributed by atoms with Crippen LogP contribution in [0.2, 0.25) is 10.0 Å². The summed E-state index contributed by atoms with van der Waals surface area (Å²) in [5, 5.41) is 9.11. The van der Waals surface area contributed by atoms with E-state index in [1.807, 2.05) is 0 Å². The Hall–Kier alpha value is -0.960. The van der Waals surface area contributed by atoms with E-state index in [2.05, 4.69) is 4.98 Å². The molecule has 1 aromatic heterocycles. The molecule has 2 unspecified atom stereocenters. The maximum atomic E-state index is 13.8. The van der Waals surface area contributed by atoms with Gasteiger partial charge in [0.15, 0.2) is 6.17 Å². The molecule has 1 saturated heterocycles. The minimum atomic E-state index is -5.12. The number of halogens is 9. The number of carbonyl (C=O) groups is 2. The van der Waals surface area contributed by atoms with Gasteiger partial charge in [0.25, 0.3) is 0 Å². The number of anilines is 1. The number of ether oxygens (including phenoxy) is 1. The summed E-state index contributed by atoms with van der Waals surface area (Å²) in [5.41, 5.74) is 1.41. The van der Waals surface area contributed by atoms with Crippen molar-refractivity contribution in [2.45, 2.75) is 29.3 Å². The number of aromatic carboxylic acids is 1. The molecule has 2 heterocycles. The number of rotatable bonds is 4. The van der Waals surface area contributed by atoms with Crippen LogP contribution in [0, 0.1) is 0 Å². The topological polar surface area (TPSA) is 86.2 Å². The number of carboxylic acids is 1. The number of nitrogens with zero attached hydrogens (tertiary/aromatic N) is 4. The van der Waals surface area contributed by atoms with Crippen LogP contribution >= 0.6 is 81.1 Å². The predicted molar refractivity (Wildman–Crippen MR) is 128 cm³/mol. The molecule has 18 heteroatoms. The van der Waals surface area contributed by atoms with E-state index in [9.17, 15) is 22.8 Å². The first-order valence-corrected chi connectivity index (χ1v) is 12.1. The number of hydrazine groups is 1. The van der Waals surface area contributed by atoms with E-state index in [0.717, 1.165) is 16.3 Å². The van der Waals surface area contributed by atoms with E-state index in [4.69, 9.17) is 79.6 Å². The molecule has 8 nitrogen and oxygen atoms in total. The minimum Gasteiger partial charge on any atom is -0.477 e. The maximum Gasteiger partial charge on any atom is 0.463 e. The van der Waals surface area contributed by atoms with Gasteiger partial charge in [-0.05, 0) is 25.1 Å². The number of carboxylic acid groups (broad SMARTS) is 1. The summed E-state index contributed by atoms with van der Waals surface area (Å²) in [7, 11) is 0. The fourth-order valence-corrected chi connectivity index (χ4v) is 4.67. The molecular formula is C17H13Cl6F3N4O4S. The maximum absolute atomic E-state index is 13.8.